The van der Waals surface area contributed by atoms with Gasteiger partial charge in [-0.3, -0.25) is 4.79 Å². The van der Waals surface area contributed by atoms with E-state index in [1.165, 1.54) is 0 Å². The Morgan fingerprint density at radius 1 is 1.58 bits per heavy atom. The molecule has 5 nitrogen and oxygen atoms in total. The average Bonchev–Trinajstić information content (AvgIpc) is 2.92. The Morgan fingerprint density at radius 2 is 2.42 bits per heavy atom. The molecule has 1 aliphatic heterocycles. The second-order valence-electron chi connectivity index (χ2n) is 5.96. The lowest BCUT2D eigenvalue weighted by Crippen LogP contribution is -2.53. The normalized spacial score (nSPS) is 29.1. The van der Waals surface area contributed by atoms with Crippen LogP contribution in [-0.2, 0) is 11.2 Å². The lowest BCUT2D eigenvalue weighted by Gasteiger charge is -2.39. The molecule has 0 radical (unpaired) electrons. The van der Waals surface area contributed by atoms with Crippen LogP contribution < -0.4 is 5.32 Å². The van der Waals surface area contributed by atoms with Gasteiger partial charge in [0.2, 0.25) is 5.76 Å². The highest BCUT2D eigenvalue weighted by molar-refractivity contribution is 5.91. The molecule has 104 valence electrons. The van der Waals surface area contributed by atoms with E-state index in [9.17, 15) is 4.79 Å². The fourth-order valence-electron chi connectivity index (χ4n) is 2.94. The van der Waals surface area contributed by atoms with Crippen LogP contribution in [0.4, 0.5) is 0 Å². The van der Waals surface area contributed by atoms with Gasteiger partial charge in [-0.2, -0.15) is 0 Å². The van der Waals surface area contributed by atoms with Crippen molar-refractivity contribution in [1.82, 2.24) is 10.5 Å². The number of carbonyl (C=O) groups is 1. The van der Waals surface area contributed by atoms with Crippen molar-refractivity contribution in [2.45, 2.75) is 45.3 Å². The van der Waals surface area contributed by atoms with E-state index in [0.717, 1.165) is 31.6 Å². The molecule has 1 aliphatic carbocycles. The molecule has 2 aliphatic rings. The van der Waals surface area contributed by atoms with E-state index in [1.54, 1.807) is 6.07 Å². The highest BCUT2D eigenvalue weighted by Crippen LogP contribution is 2.38. The number of aromatic nitrogens is 1. The molecule has 1 N–H and O–H groups in total. The molecule has 1 aromatic rings. The van der Waals surface area contributed by atoms with Crippen molar-refractivity contribution in [1.29, 1.82) is 0 Å². The zero-order chi connectivity index (χ0) is 13.4. The predicted molar refractivity (Wildman–Crippen MR) is 68.8 cm³/mol. The fourth-order valence-corrected chi connectivity index (χ4v) is 2.94. The van der Waals surface area contributed by atoms with Crippen molar-refractivity contribution in [3.8, 4) is 0 Å². The lowest BCUT2D eigenvalue weighted by atomic mass is 9.76. The van der Waals surface area contributed by atoms with Crippen LogP contribution in [0.15, 0.2) is 10.6 Å². The van der Waals surface area contributed by atoms with Gasteiger partial charge in [-0.1, -0.05) is 19.0 Å². The van der Waals surface area contributed by atoms with Gasteiger partial charge in [0, 0.05) is 24.6 Å². The smallest absolute Gasteiger partial charge is 0.290 e. The second-order valence-corrected chi connectivity index (χ2v) is 5.96. The first-order valence-corrected chi connectivity index (χ1v) is 7.01. The van der Waals surface area contributed by atoms with E-state index in [0.29, 0.717) is 23.7 Å². The molecule has 1 aromatic heterocycles. The zero-order valence-electron chi connectivity index (χ0n) is 11.4. The van der Waals surface area contributed by atoms with Crippen molar-refractivity contribution in [3.63, 3.8) is 0 Å². The summed E-state index contributed by atoms with van der Waals surface area (Å²) in [5.74, 6) is 1.15. The average molecular weight is 264 g/mol. The Kier molecular flexibility index (Phi) is 3.31. The predicted octanol–water partition coefficient (Wildman–Crippen LogP) is 1.78. The monoisotopic (exact) mass is 264 g/mol. The molecule has 1 saturated heterocycles. The van der Waals surface area contributed by atoms with Gasteiger partial charge in [-0.05, 0) is 25.2 Å². The Balaban J connectivity index is 1.56. The number of amides is 1. The first-order chi connectivity index (χ1) is 9.13. The molecular weight excluding hydrogens is 244 g/mol. The number of nitrogens with zero attached hydrogens (tertiary/aromatic N) is 1. The molecule has 3 rings (SSSR count). The third-order valence-corrected chi connectivity index (χ3v) is 3.98. The van der Waals surface area contributed by atoms with Crippen LogP contribution in [-0.4, -0.2) is 29.8 Å². The molecule has 2 heterocycles. The summed E-state index contributed by atoms with van der Waals surface area (Å²) in [6, 6.07) is 1.98. The Bertz CT molecular complexity index is 469. The summed E-state index contributed by atoms with van der Waals surface area (Å²) < 4.78 is 10.6. The van der Waals surface area contributed by atoms with Crippen LogP contribution in [0.2, 0.25) is 0 Å². The number of rotatable bonds is 4. The Morgan fingerprint density at radius 3 is 3.16 bits per heavy atom. The minimum absolute atomic E-state index is 0.155. The number of hydrogen-bond donors (Lipinski definition) is 1. The van der Waals surface area contributed by atoms with Gasteiger partial charge >= 0.3 is 0 Å². The third-order valence-electron chi connectivity index (χ3n) is 3.98. The van der Waals surface area contributed by atoms with Gasteiger partial charge < -0.3 is 14.6 Å². The van der Waals surface area contributed by atoms with Gasteiger partial charge in [-0.25, -0.2) is 0 Å². The minimum atomic E-state index is -0.155. The second kappa shape index (κ2) is 4.96. The maximum Gasteiger partial charge on any atom is 0.290 e. The quantitative estimate of drug-likeness (QED) is 0.900. The van der Waals surface area contributed by atoms with Crippen LogP contribution in [0.25, 0.3) is 0 Å². The van der Waals surface area contributed by atoms with Gasteiger partial charge in [0.05, 0.1) is 11.8 Å². The van der Waals surface area contributed by atoms with Crippen LogP contribution in [0.1, 0.15) is 42.9 Å². The SMILES string of the molecule is CC(C)Cc1cc(C(=O)N[C@H]2C[C@@H]3OCC[C@H]23)on1. The van der Waals surface area contributed by atoms with E-state index < -0.39 is 0 Å². The summed E-state index contributed by atoms with van der Waals surface area (Å²) in [5, 5.41) is 6.95. The van der Waals surface area contributed by atoms with Crippen molar-refractivity contribution >= 4 is 5.91 Å². The summed E-state index contributed by atoms with van der Waals surface area (Å²) in [7, 11) is 0. The fraction of sp³-hybridized carbons (Fsp3) is 0.714. The highest BCUT2D eigenvalue weighted by Gasteiger charge is 2.46. The molecule has 1 amide bonds. The number of hydrogen-bond acceptors (Lipinski definition) is 4. The zero-order valence-corrected chi connectivity index (χ0v) is 11.4. The van der Waals surface area contributed by atoms with Gasteiger partial charge in [-0.15, -0.1) is 0 Å². The molecule has 19 heavy (non-hydrogen) atoms. The number of fused-ring (bicyclic) bond motifs is 1. The summed E-state index contributed by atoms with van der Waals surface area (Å²) in [5.41, 5.74) is 0.843. The molecule has 0 spiro atoms. The summed E-state index contributed by atoms with van der Waals surface area (Å²) in [4.78, 5) is 12.0. The first kappa shape index (κ1) is 12.7. The number of ether oxygens (including phenoxy) is 1. The van der Waals surface area contributed by atoms with Crippen LogP contribution >= 0.6 is 0 Å². The third kappa shape index (κ3) is 2.52. The van der Waals surface area contributed by atoms with E-state index >= 15 is 0 Å². The van der Waals surface area contributed by atoms with E-state index in [-0.39, 0.29) is 11.9 Å². The molecular formula is C14H20N2O3. The number of carbonyl (C=O) groups excluding carboxylic acids is 1. The molecule has 2 fully saturated rings. The standard InChI is InChI=1S/C14H20N2O3/c1-8(2)5-9-6-13(19-16-9)14(17)15-11-7-12-10(11)3-4-18-12/h6,8,10-12H,3-5,7H2,1-2H3,(H,15,17)/t10-,11+,12+/m1/s1. The highest BCUT2D eigenvalue weighted by atomic mass is 16.5. The Hall–Kier alpha value is -1.36. The van der Waals surface area contributed by atoms with Crippen molar-refractivity contribution in [3.05, 3.63) is 17.5 Å². The molecule has 0 bridgehead atoms. The van der Waals surface area contributed by atoms with E-state index in [4.69, 9.17) is 9.26 Å². The number of nitrogens with one attached hydrogen (secondary N) is 1. The topological polar surface area (TPSA) is 64.4 Å². The summed E-state index contributed by atoms with van der Waals surface area (Å²) in [6.45, 7) is 5.05. The largest absolute Gasteiger partial charge is 0.378 e. The van der Waals surface area contributed by atoms with Crippen molar-refractivity contribution in [2.75, 3.05) is 6.61 Å². The van der Waals surface area contributed by atoms with Crippen LogP contribution in [0.5, 0.6) is 0 Å². The summed E-state index contributed by atoms with van der Waals surface area (Å²) in [6.07, 6.45) is 3.16. The first-order valence-electron chi connectivity index (χ1n) is 7.01. The molecule has 0 aromatic carbocycles. The molecule has 3 atom stereocenters. The van der Waals surface area contributed by atoms with E-state index in [2.05, 4.69) is 24.3 Å². The maximum atomic E-state index is 12.0. The van der Waals surface area contributed by atoms with Crippen LogP contribution in [0, 0.1) is 11.8 Å². The lowest BCUT2D eigenvalue weighted by molar-refractivity contribution is 0.00763. The van der Waals surface area contributed by atoms with Crippen molar-refractivity contribution < 1.29 is 14.1 Å². The molecule has 1 saturated carbocycles. The van der Waals surface area contributed by atoms with Gasteiger partial charge in [0.1, 0.15) is 0 Å². The molecule has 0 unspecified atom stereocenters. The van der Waals surface area contributed by atoms with Gasteiger partial charge in [0.25, 0.3) is 5.91 Å². The minimum Gasteiger partial charge on any atom is -0.378 e. The van der Waals surface area contributed by atoms with E-state index in [1.807, 2.05) is 0 Å². The maximum absolute atomic E-state index is 12.0. The van der Waals surface area contributed by atoms with Crippen molar-refractivity contribution in [2.24, 2.45) is 11.8 Å². The van der Waals surface area contributed by atoms with Gasteiger partial charge in [0.15, 0.2) is 0 Å². The van der Waals surface area contributed by atoms with Crippen LogP contribution in [0.3, 0.4) is 0 Å². The Labute approximate surface area is 112 Å². The molecule has 5 heteroatoms. The summed E-state index contributed by atoms with van der Waals surface area (Å²) >= 11 is 0.